The molecule has 0 aliphatic heterocycles. The number of aliphatic hydroxyl groups excluding tert-OH is 1. The smallest absolute Gasteiger partial charge is 0.0769 e. The van der Waals surface area contributed by atoms with Crippen LogP contribution in [0.4, 0.5) is 0 Å². The van der Waals surface area contributed by atoms with Crippen LogP contribution >= 0.6 is 0 Å². The van der Waals surface area contributed by atoms with Gasteiger partial charge in [0.05, 0.1) is 6.10 Å². The van der Waals surface area contributed by atoms with E-state index in [-0.39, 0.29) is 0 Å². The summed E-state index contributed by atoms with van der Waals surface area (Å²) in [6.45, 7) is 5.97. The van der Waals surface area contributed by atoms with Gasteiger partial charge in [-0.05, 0) is 49.1 Å². The van der Waals surface area contributed by atoms with Gasteiger partial charge in [-0.25, -0.2) is 0 Å². The second-order valence-electron chi connectivity index (χ2n) is 4.44. The van der Waals surface area contributed by atoms with E-state index in [0.717, 1.165) is 16.7 Å². The molecule has 1 heterocycles. The summed E-state index contributed by atoms with van der Waals surface area (Å²) >= 11 is 0. The summed E-state index contributed by atoms with van der Waals surface area (Å²) in [5, 5.41) is 9.76. The third-order valence-electron chi connectivity index (χ3n) is 3.12. The number of nitrogens with zero attached hydrogens (tertiary/aromatic N) is 1. The van der Waals surface area contributed by atoms with Crippen molar-refractivity contribution in [1.82, 2.24) is 4.98 Å². The van der Waals surface area contributed by atoms with Crippen LogP contribution in [0.2, 0.25) is 0 Å². The van der Waals surface area contributed by atoms with Crippen LogP contribution in [0.15, 0.2) is 36.7 Å². The largest absolute Gasteiger partial charge is 0.389 e. The lowest BCUT2D eigenvalue weighted by molar-refractivity contribution is 0.200. The third-order valence-corrected chi connectivity index (χ3v) is 3.12. The van der Waals surface area contributed by atoms with Crippen LogP contribution in [0.5, 0.6) is 0 Å². The van der Waals surface area contributed by atoms with Gasteiger partial charge in [-0.1, -0.05) is 18.2 Å². The van der Waals surface area contributed by atoms with Crippen molar-refractivity contribution >= 4 is 0 Å². The summed E-state index contributed by atoms with van der Waals surface area (Å²) in [5.74, 6) is 0. The normalized spacial score (nSPS) is 12.5. The van der Waals surface area contributed by atoms with Crippen molar-refractivity contribution in [2.45, 2.75) is 26.9 Å². The first kappa shape index (κ1) is 11.8. The molecule has 17 heavy (non-hydrogen) atoms. The highest BCUT2D eigenvalue weighted by Gasteiger charge is 2.09. The second-order valence-corrected chi connectivity index (χ2v) is 4.44. The first-order chi connectivity index (χ1) is 8.09. The van der Waals surface area contributed by atoms with Gasteiger partial charge >= 0.3 is 0 Å². The summed E-state index contributed by atoms with van der Waals surface area (Å²) in [7, 11) is 0. The maximum absolute atomic E-state index is 9.76. The van der Waals surface area contributed by atoms with Crippen molar-refractivity contribution in [3.63, 3.8) is 0 Å². The van der Waals surface area contributed by atoms with Gasteiger partial charge in [-0.2, -0.15) is 0 Å². The molecule has 2 nitrogen and oxygen atoms in total. The van der Waals surface area contributed by atoms with E-state index in [2.05, 4.69) is 37.0 Å². The van der Waals surface area contributed by atoms with Crippen LogP contribution in [0.3, 0.4) is 0 Å². The third kappa shape index (κ3) is 2.37. The number of hydrogen-bond acceptors (Lipinski definition) is 2. The minimum absolute atomic E-state index is 0.477. The van der Waals surface area contributed by atoms with Gasteiger partial charge in [-0.15, -0.1) is 0 Å². The van der Waals surface area contributed by atoms with E-state index in [1.54, 1.807) is 13.1 Å². The summed E-state index contributed by atoms with van der Waals surface area (Å²) in [6, 6.07) is 8.18. The van der Waals surface area contributed by atoms with E-state index >= 15 is 0 Å². The predicted molar refractivity (Wildman–Crippen MR) is 69.8 cm³/mol. The first-order valence-corrected chi connectivity index (χ1v) is 5.79. The minimum Gasteiger partial charge on any atom is -0.389 e. The van der Waals surface area contributed by atoms with Gasteiger partial charge in [0.2, 0.25) is 0 Å². The SMILES string of the molecule is Cc1ccc(-c2cnccc2C(C)O)cc1C. The summed E-state index contributed by atoms with van der Waals surface area (Å²) in [5.41, 5.74) is 5.56. The fourth-order valence-electron chi connectivity index (χ4n) is 1.92. The predicted octanol–water partition coefficient (Wildman–Crippen LogP) is 3.42. The Bertz CT molecular complexity index is 532. The molecule has 1 unspecified atom stereocenters. The molecule has 2 rings (SSSR count). The zero-order valence-corrected chi connectivity index (χ0v) is 10.4. The highest BCUT2D eigenvalue weighted by atomic mass is 16.3. The highest BCUT2D eigenvalue weighted by Crippen LogP contribution is 2.28. The molecule has 1 atom stereocenters. The van der Waals surface area contributed by atoms with Gasteiger partial charge in [0.25, 0.3) is 0 Å². The van der Waals surface area contributed by atoms with E-state index in [1.165, 1.54) is 11.1 Å². The fraction of sp³-hybridized carbons (Fsp3) is 0.267. The average Bonchev–Trinajstić information content (AvgIpc) is 2.32. The molecule has 0 spiro atoms. The van der Waals surface area contributed by atoms with Gasteiger partial charge in [0.1, 0.15) is 0 Å². The van der Waals surface area contributed by atoms with E-state index in [4.69, 9.17) is 0 Å². The Morgan fingerprint density at radius 3 is 2.53 bits per heavy atom. The molecule has 1 aromatic carbocycles. The van der Waals surface area contributed by atoms with Crippen LogP contribution in [-0.2, 0) is 0 Å². The topological polar surface area (TPSA) is 33.1 Å². The fourth-order valence-corrected chi connectivity index (χ4v) is 1.92. The maximum atomic E-state index is 9.76. The van der Waals surface area contributed by atoms with Crippen LogP contribution < -0.4 is 0 Å². The molecule has 0 aliphatic carbocycles. The molecule has 0 aliphatic rings. The van der Waals surface area contributed by atoms with Gasteiger partial charge in [0.15, 0.2) is 0 Å². The van der Waals surface area contributed by atoms with Crippen LogP contribution in [0, 0.1) is 13.8 Å². The van der Waals surface area contributed by atoms with Gasteiger partial charge in [0, 0.05) is 18.0 Å². The Balaban J connectivity index is 2.56. The van der Waals surface area contributed by atoms with Gasteiger partial charge < -0.3 is 5.11 Å². The molecule has 0 saturated heterocycles. The van der Waals surface area contributed by atoms with Crippen molar-refractivity contribution in [2.24, 2.45) is 0 Å². The Morgan fingerprint density at radius 2 is 1.88 bits per heavy atom. The molecule has 0 bridgehead atoms. The van der Waals surface area contributed by atoms with Crippen LogP contribution in [-0.4, -0.2) is 10.1 Å². The molecule has 0 saturated carbocycles. The van der Waals surface area contributed by atoms with Crippen LogP contribution in [0.25, 0.3) is 11.1 Å². The Hall–Kier alpha value is -1.67. The van der Waals surface area contributed by atoms with Gasteiger partial charge in [-0.3, -0.25) is 4.98 Å². The van der Waals surface area contributed by atoms with Crippen molar-refractivity contribution in [2.75, 3.05) is 0 Å². The number of benzene rings is 1. The zero-order valence-electron chi connectivity index (χ0n) is 10.4. The quantitative estimate of drug-likeness (QED) is 0.852. The molecule has 0 amide bonds. The minimum atomic E-state index is -0.477. The molecular weight excluding hydrogens is 210 g/mol. The summed E-state index contributed by atoms with van der Waals surface area (Å²) < 4.78 is 0. The number of rotatable bonds is 2. The first-order valence-electron chi connectivity index (χ1n) is 5.79. The van der Waals surface area contributed by atoms with E-state index in [1.807, 2.05) is 12.3 Å². The number of aryl methyl sites for hydroxylation is 2. The number of aromatic nitrogens is 1. The Morgan fingerprint density at radius 1 is 1.12 bits per heavy atom. The molecule has 1 N–H and O–H groups in total. The van der Waals surface area contributed by atoms with Crippen molar-refractivity contribution < 1.29 is 5.11 Å². The second kappa shape index (κ2) is 4.68. The summed E-state index contributed by atoms with van der Waals surface area (Å²) in [4.78, 5) is 4.15. The zero-order chi connectivity index (χ0) is 12.4. The van der Waals surface area contributed by atoms with Crippen molar-refractivity contribution in [3.05, 3.63) is 53.3 Å². The lowest BCUT2D eigenvalue weighted by Gasteiger charge is -2.12. The average molecular weight is 227 g/mol. The Labute approximate surface area is 102 Å². The highest BCUT2D eigenvalue weighted by molar-refractivity contribution is 5.68. The molecule has 2 aromatic rings. The van der Waals surface area contributed by atoms with E-state index in [9.17, 15) is 5.11 Å². The molecule has 1 aromatic heterocycles. The van der Waals surface area contributed by atoms with E-state index in [0.29, 0.717) is 0 Å². The molecule has 2 heteroatoms. The lowest BCUT2D eigenvalue weighted by Crippen LogP contribution is -1.96. The summed E-state index contributed by atoms with van der Waals surface area (Å²) in [6.07, 6.45) is 3.05. The molecule has 0 radical (unpaired) electrons. The molecular formula is C15H17NO. The number of hydrogen-bond donors (Lipinski definition) is 1. The number of pyridine rings is 1. The van der Waals surface area contributed by atoms with Crippen LogP contribution in [0.1, 0.15) is 29.7 Å². The monoisotopic (exact) mass is 227 g/mol. The maximum Gasteiger partial charge on any atom is 0.0769 e. The lowest BCUT2D eigenvalue weighted by atomic mass is 9.96. The van der Waals surface area contributed by atoms with E-state index < -0.39 is 6.10 Å². The molecule has 88 valence electrons. The van der Waals surface area contributed by atoms with Crippen molar-refractivity contribution in [1.29, 1.82) is 0 Å². The van der Waals surface area contributed by atoms with Crippen molar-refractivity contribution in [3.8, 4) is 11.1 Å². The standard InChI is InChI=1S/C15H17NO/c1-10-4-5-13(8-11(10)2)15-9-16-7-6-14(15)12(3)17/h4-9,12,17H,1-3H3. The molecule has 0 fully saturated rings. The number of aliphatic hydroxyl groups is 1. The Kier molecular flexibility index (Phi) is 3.25.